The molecular formula is C19H16F2N2O5S2. The Balaban J connectivity index is 1.70. The Morgan fingerprint density at radius 2 is 1.73 bits per heavy atom. The molecule has 0 saturated carbocycles. The van der Waals surface area contributed by atoms with Gasteiger partial charge in [-0.3, -0.25) is 9.52 Å². The number of benzene rings is 2. The van der Waals surface area contributed by atoms with Crippen LogP contribution in [-0.2, 0) is 10.0 Å². The van der Waals surface area contributed by atoms with E-state index >= 15 is 0 Å². The van der Waals surface area contributed by atoms with Gasteiger partial charge in [0.05, 0.1) is 7.11 Å². The fourth-order valence-corrected chi connectivity index (χ4v) is 4.51. The number of nitrogens with one attached hydrogen (secondary N) is 2. The molecule has 158 valence electrons. The second kappa shape index (κ2) is 9.09. The van der Waals surface area contributed by atoms with Crippen LogP contribution in [0.2, 0.25) is 0 Å². The molecule has 3 rings (SSSR count). The first-order valence-corrected chi connectivity index (χ1v) is 10.8. The van der Waals surface area contributed by atoms with Gasteiger partial charge in [-0.05, 0) is 47.8 Å². The largest absolute Gasteiger partial charge is 0.493 e. The van der Waals surface area contributed by atoms with Crippen LogP contribution in [0.25, 0.3) is 0 Å². The number of methoxy groups -OCH3 is 1. The van der Waals surface area contributed by atoms with Crippen molar-refractivity contribution in [3.05, 3.63) is 65.5 Å². The molecule has 1 aromatic heterocycles. The third-order valence-electron chi connectivity index (χ3n) is 3.80. The molecule has 0 atom stereocenters. The predicted octanol–water partition coefficient (Wildman–Crippen LogP) is 4.41. The van der Waals surface area contributed by atoms with Gasteiger partial charge in [0.15, 0.2) is 11.5 Å². The van der Waals surface area contributed by atoms with Crippen LogP contribution < -0.4 is 19.5 Å². The van der Waals surface area contributed by atoms with Gasteiger partial charge in [0.1, 0.15) is 4.21 Å². The zero-order valence-corrected chi connectivity index (χ0v) is 17.1. The summed E-state index contributed by atoms with van der Waals surface area (Å²) in [6.45, 7) is -3.05. The monoisotopic (exact) mass is 454 g/mol. The van der Waals surface area contributed by atoms with Gasteiger partial charge in [-0.15, -0.1) is 11.3 Å². The third-order valence-corrected chi connectivity index (χ3v) is 6.58. The number of halogens is 2. The molecule has 0 unspecified atom stereocenters. The third kappa shape index (κ3) is 5.24. The highest BCUT2D eigenvalue weighted by Gasteiger charge is 2.16. The summed E-state index contributed by atoms with van der Waals surface area (Å²) in [4.78, 5) is 12.4. The summed E-state index contributed by atoms with van der Waals surface area (Å²) in [6, 6.07) is 12.9. The number of hydrogen-bond donors (Lipinski definition) is 2. The number of thiophene rings is 1. The minimum atomic E-state index is -3.69. The van der Waals surface area contributed by atoms with E-state index < -0.39 is 22.5 Å². The highest BCUT2D eigenvalue weighted by molar-refractivity contribution is 7.94. The van der Waals surface area contributed by atoms with Crippen LogP contribution in [0.5, 0.6) is 11.5 Å². The van der Waals surface area contributed by atoms with E-state index in [0.29, 0.717) is 0 Å². The number of sulfonamides is 1. The molecule has 2 N–H and O–H groups in total. The lowest BCUT2D eigenvalue weighted by molar-refractivity contribution is -0.0511. The van der Waals surface area contributed by atoms with Crippen molar-refractivity contribution < 1.29 is 31.5 Å². The lowest BCUT2D eigenvalue weighted by atomic mass is 10.2. The van der Waals surface area contributed by atoms with Crippen molar-refractivity contribution >= 4 is 38.6 Å². The normalized spacial score (nSPS) is 11.2. The number of anilines is 2. The summed E-state index contributed by atoms with van der Waals surface area (Å²) in [5.74, 6) is -0.643. The smallest absolute Gasteiger partial charge is 0.387 e. The van der Waals surface area contributed by atoms with E-state index in [-0.39, 0.29) is 32.6 Å². The van der Waals surface area contributed by atoms with Crippen LogP contribution in [0.3, 0.4) is 0 Å². The fraction of sp³-hybridized carbons (Fsp3) is 0.105. The molecule has 0 radical (unpaired) electrons. The van der Waals surface area contributed by atoms with E-state index in [1.165, 1.54) is 55.6 Å². The van der Waals surface area contributed by atoms with Crippen molar-refractivity contribution in [3.63, 3.8) is 0 Å². The first kappa shape index (κ1) is 21.5. The molecule has 0 aliphatic rings. The zero-order chi connectivity index (χ0) is 21.7. The number of alkyl halides is 2. The molecule has 0 fully saturated rings. The number of carbonyl (C=O) groups is 1. The Kier molecular flexibility index (Phi) is 6.53. The Morgan fingerprint density at radius 1 is 1.03 bits per heavy atom. The van der Waals surface area contributed by atoms with Gasteiger partial charge in [0.25, 0.3) is 15.9 Å². The molecule has 3 aromatic rings. The Labute approximate surface area is 175 Å². The van der Waals surface area contributed by atoms with Crippen molar-refractivity contribution in [2.45, 2.75) is 10.8 Å². The van der Waals surface area contributed by atoms with Crippen molar-refractivity contribution in [1.82, 2.24) is 0 Å². The van der Waals surface area contributed by atoms with E-state index in [1.54, 1.807) is 11.4 Å². The molecule has 0 aliphatic heterocycles. The maximum Gasteiger partial charge on any atom is 0.387 e. The fourth-order valence-electron chi connectivity index (χ4n) is 2.46. The quantitative estimate of drug-likeness (QED) is 0.526. The molecule has 30 heavy (non-hydrogen) atoms. The second-order valence-electron chi connectivity index (χ2n) is 5.81. The van der Waals surface area contributed by atoms with Crippen LogP contribution >= 0.6 is 11.3 Å². The van der Waals surface area contributed by atoms with Crippen LogP contribution in [0.15, 0.2) is 64.2 Å². The summed E-state index contributed by atoms with van der Waals surface area (Å²) < 4.78 is 61.4. The molecule has 0 aliphatic carbocycles. The average molecular weight is 454 g/mol. The minimum absolute atomic E-state index is 0.0932. The minimum Gasteiger partial charge on any atom is -0.493 e. The summed E-state index contributed by atoms with van der Waals surface area (Å²) in [5, 5.41) is 4.21. The molecule has 0 bridgehead atoms. The zero-order valence-electron chi connectivity index (χ0n) is 15.5. The molecule has 7 nitrogen and oxygen atoms in total. The van der Waals surface area contributed by atoms with Gasteiger partial charge in [0, 0.05) is 23.0 Å². The standard InChI is InChI=1S/C19H16F2N2O5S2/c1-27-15-9-8-14(11-16(15)28-19(20)21)22-18(24)12-4-6-13(7-5-12)23-30(25,26)17-3-2-10-29-17/h2-11,19,23H,1H3,(H,22,24). The second-order valence-corrected chi connectivity index (χ2v) is 8.67. The Hall–Kier alpha value is -3.18. The molecule has 2 aromatic carbocycles. The lowest BCUT2D eigenvalue weighted by Crippen LogP contribution is -2.14. The van der Waals surface area contributed by atoms with E-state index in [9.17, 15) is 22.0 Å². The lowest BCUT2D eigenvalue weighted by Gasteiger charge is -2.12. The first-order valence-electron chi connectivity index (χ1n) is 8.39. The van der Waals surface area contributed by atoms with Gasteiger partial charge >= 0.3 is 6.61 Å². The van der Waals surface area contributed by atoms with E-state index in [4.69, 9.17) is 4.74 Å². The van der Waals surface area contributed by atoms with Gasteiger partial charge in [-0.2, -0.15) is 8.78 Å². The van der Waals surface area contributed by atoms with Crippen LogP contribution in [0.4, 0.5) is 20.2 Å². The number of rotatable bonds is 8. The van der Waals surface area contributed by atoms with Crippen molar-refractivity contribution in [2.75, 3.05) is 17.1 Å². The van der Waals surface area contributed by atoms with Crippen molar-refractivity contribution in [2.24, 2.45) is 0 Å². The molecule has 11 heteroatoms. The summed E-state index contributed by atoms with van der Waals surface area (Å²) >= 11 is 1.08. The Bertz CT molecular complexity index is 1120. The Morgan fingerprint density at radius 3 is 2.33 bits per heavy atom. The topological polar surface area (TPSA) is 93.7 Å². The predicted molar refractivity (Wildman–Crippen MR) is 109 cm³/mol. The van der Waals surface area contributed by atoms with E-state index in [0.717, 1.165) is 11.3 Å². The van der Waals surface area contributed by atoms with Crippen LogP contribution in [0.1, 0.15) is 10.4 Å². The first-order chi connectivity index (χ1) is 14.3. The molecule has 1 heterocycles. The molecule has 0 saturated heterocycles. The van der Waals surface area contributed by atoms with Crippen LogP contribution in [-0.4, -0.2) is 28.0 Å². The molecule has 1 amide bonds. The number of amides is 1. The van der Waals surface area contributed by atoms with Gasteiger partial charge in [-0.25, -0.2) is 8.42 Å². The summed E-state index contributed by atoms with van der Waals surface area (Å²) in [7, 11) is -2.39. The number of hydrogen-bond acceptors (Lipinski definition) is 6. The van der Waals surface area contributed by atoms with Crippen molar-refractivity contribution in [1.29, 1.82) is 0 Å². The van der Waals surface area contributed by atoms with E-state index in [1.807, 2.05) is 0 Å². The summed E-state index contributed by atoms with van der Waals surface area (Å²) in [6.07, 6.45) is 0. The van der Waals surface area contributed by atoms with Crippen LogP contribution in [0, 0.1) is 0 Å². The molecular weight excluding hydrogens is 438 g/mol. The van der Waals surface area contributed by atoms with Gasteiger partial charge < -0.3 is 14.8 Å². The van der Waals surface area contributed by atoms with Gasteiger partial charge in [-0.1, -0.05) is 6.07 Å². The maximum absolute atomic E-state index is 12.5. The number of carbonyl (C=O) groups excluding carboxylic acids is 1. The molecule has 0 spiro atoms. The highest BCUT2D eigenvalue weighted by Crippen LogP contribution is 2.31. The summed E-state index contributed by atoms with van der Waals surface area (Å²) in [5.41, 5.74) is 0.747. The number of ether oxygens (including phenoxy) is 2. The van der Waals surface area contributed by atoms with Crippen molar-refractivity contribution in [3.8, 4) is 11.5 Å². The average Bonchev–Trinajstić information content (AvgIpc) is 3.24. The maximum atomic E-state index is 12.5. The van der Waals surface area contributed by atoms with Gasteiger partial charge in [0.2, 0.25) is 0 Å². The highest BCUT2D eigenvalue weighted by atomic mass is 32.2. The van der Waals surface area contributed by atoms with E-state index in [2.05, 4.69) is 14.8 Å². The SMILES string of the molecule is COc1ccc(NC(=O)c2ccc(NS(=O)(=O)c3cccs3)cc2)cc1OC(F)F.